The molecule has 1 aromatic heterocycles. The quantitative estimate of drug-likeness (QED) is 0.753. The lowest BCUT2D eigenvalue weighted by Gasteiger charge is -2.35. The summed E-state index contributed by atoms with van der Waals surface area (Å²) in [4.78, 5) is 16.9. The van der Waals surface area contributed by atoms with E-state index in [9.17, 15) is 9.90 Å². The Balaban J connectivity index is 1.36. The summed E-state index contributed by atoms with van der Waals surface area (Å²) >= 11 is 1.87. The van der Waals surface area contributed by atoms with Crippen LogP contribution in [0.1, 0.15) is 38.5 Å². The van der Waals surface area contributed by atoms with Crippen LogP contribution in [0.2, 0.25) is 0 Å². The molecule has 156 valence electrons. The number of ether oxygens (including phenoxy) is 2. The Hall–Kier alpha value is -1.89. The van der Waals surface area contributed by atoms with E-state index in [4.69, 9.17) is 9.47 Å². The molecule has 1 N–H and O–H groups in total. The van der Waals surface area contributed by atoms with Crippen LogP contribution in [-0.4, -0.2) is 48.4 Å². The third-order valence-electron chi connectivity index (χ3n) is 6.26. The minimum atomic E-state index is -0.457. The van der Waals surface area contributed by atoms with E-state index < -0.39 is 6.10 Å². The first-order chi connectivity index (χ1) is 13.9. The molecule has 4 atom stereocenters. The van der Waals surface area contributed by atoms with E-state index in [2.05, 4.69) is 24.8 Å². The fourth-order valence-electron chi connectivity index (χ4n) is 4.79. The van der Waals surface area contributed by atoms with E-state index in [1.165, 1.54) is 22.4 Å². The fraction of sp³-hybridized carbons (Fsp3) is 0.522. The van der Waals surface area contributed by atoms with Crippen LogP contribution in [0.5, 0.6) is 5.75 Å². The summed E-state index contributed by atoms with van der Waals surface area (Å²) in [6, 6.07) is 9.24. The molecule has 0 bridgehead atoms. The number of aliphatic hydroxyl groups is 1. The predicted octanol–water partition coefficient (Wildman–Crippen LogP) is 3.80. The summed E-state index contributed by atoms with van der Waals surface area (Å²) in [6.07, 6.45) is 0.989. The molecule has 1 aliphatic heterocycles. The van der Waals surface area contributed by atoms with Crippen LogP contribution in [0, 0.1) is 25.7 Å². The first kappa shape index (κ1) is 20.4. The molecule has 0 unspecified atom stereocenters. The van der Waals surface area contributed by atoms with Crippen molar-refractivity contribution in [3.63, 3.8) is 0 Å². The van der Waals surface area contributed by atoms with Crippen molar-refractivity contribution < 1.29 is 19.4 Å². The average molecular weight is 416 g/mol. The number of hydrogen-bond acceptors (Lipinski definition) is 6. The van der Waals surface area contributed by atoms with Gasteiger partial charge in [0.05, 0.1) is 18.8 Å². The third-order valence-corrected chi connectivity index (χ3v) is 7.27. The normalized spacial score (nSPS) is 26.9. The van der Waals surface area contributed by atoms with Crippen molar-refractivity contribution >= 4 is 17.3 Å². The number of aliphatic hydroxyl groups excluding tert-OH is 1. The van der Waals surface area contributed by atoms with E-state index >= 15 is 0 Å². The number of nitrogens with zero attached hydrogens (tertiary/aromatic N) is 1. The second-order valence-electron chi connectivity index (χ2n) is 8.36. The van der Waals surface area contributed by atoms with Gasteiger partial charge in [-0.1, -0.05) is 0 Å². The number of benzene rings is 1. The molecule has 1 aliphatic carbocycles. The van der Waals surface area contributed by atoms with E-state index in [1.54, 1.807) is 24.3 Å². The summed E-state index contributed by atoms with van der Waals surface area (Å²) in [5, 5.41) is 10.7. The second-order valence-corrected chi connectivity index (χ2v) is 9.82. The van der Waals surface area contributed by atoms with Gasteiger partial charge in [0.15, 0.2) is 0 Å². The van der Waals surface area contributed by atoms with Crippen LogP contribution < -0.4 is 4.74 Å². The molecular formula is C23H29NO4S. The second kappa shape index (κ2) is 8.46. The molecule has 0 spiro atoms. The van der Waals surface area contributed by atoms with Gasteiger partial charge in [0, 0.05) is 29.4 Å². The fourth-order valence-corrected chi connectivity index (χ4v) is 5.73. The number of methoxy groups -OCH3 is 1. The van der Waals surface area contributed by atoms with Crippen LogP contribution in [0.25, 0.3) is 0 Å². The first-order valence-electron chi connectivity index (χ1n) is 10.2. The summed E-state index contributed by atoms with van der Waals surface area (Å²) in [6.45, 7) is 7.49. The largest absolute Gasteiger partial charge is 0.488 e. The molecule has 4 rings (SSSR count). The minimum Gasteiger partial charge on any atom is -0.488 e. The van der Waals surface area contributed by atoms with Gasteiger partial charge in [-0.3, -0.25) is 4.90 Å². The minimum absolute atomic E-state index is 0.203. The Bertz CT molecular complexity index is 862. The van der Waals surface area contributed by atoms with Crippen molar-refractivity contribution in [2.24, 2.45) is 11.8 Å². The van der Waals surface area contributed by atoms with Gasteiger partial charge in [-0.2, -0.15) is 0 Å². The van der Waals surface area contributed by atoms with Crippen molar-refractivity contribution in [1.82, 2.24) is 4.90 Å². The molecule has 0 radical (unpaired) electrons. The van der Waals surface area contributed by atoms with Crippen LogP contribution in [-0.2, 0) is 11.3 Å². The average Bonchev–Trinajstić information content (AvgIpc) is 3.23. The standard InChI is InChI=1S/C23H29NO4S/c1-14-8-17(15(2)29-14)11-24-12-18-9-21(25)22(10-19(18)13-24)28-20-6-4-16(5-7-20)23(26)27-3/h4-8,18-19,21-22,25H,9-13H2,1-3H3/t18-,19+,21+,22+/m0/s1. The lowest BCUT2D eigenvalue weighted by molar-refractivity contribution is -0.0231. The number of carbonyl (C=O) groups excluding carboxylic acids is 1. The van der Waals surface area contributed by atoms with Gasteiger partial charge in [0.25, 0.3) is 0 Å². The molecule has 2 aliphatic rings. The van der Waals surface area contributed by atoms with Crippen molar-refractivity contribution in [1.29, 1.82) is 0 Å². The van der Waals surface area contributed by atoms with Crippen molar-refractivity contribution in [2.45, 2.75) is 45.4 Å². The molecule has 2 heterocycles. The highest BCUT2D eigenvalue weighted by Gasteiger charge is 2.42. The van der Waals surface area contributed by atoms with Gasteiger partial charge < -0.3 is 14.6 Å². The Labute approximate surface area is 176 Å². The Morgan fingerprint density at radius 1 is 1.17 bits per heavy atom. The van der Waals surface area contributed by atoms with Crippen molar-refractivity contribution in [3.05, 3.63) is 51.2 Å². The van der Waals surface area contributed by atoms with Gasteiger partial charge in [-0.25, -0.2) is 4.79 Å². The number of thiophene rings is 1. The molecule has 0 amide bonds. The Morgan fingerprint density at radius 2 is 1.86 bits per heavy atom. The first-order valence-corrected chi connectivity index (χ1v) is 11.1. The summed E-state index contributed by atoms with van der Waals surface area (Å²) in [7, 11) is 1.37. The maximum Gasteiger partial charge on any atom is 0.337 e. The molecule has 1 saturated carbocycles. The zero-order valence-corrected chi connectivity index (χ0v) is 18.1. The molecular weight excluding hydrogens is 386 g/mol. The highest BCUT2D eigenvalue weighted by molar-refractivity contribution is 7.12. The number of rotatable bonds is 5. The summed E-state index contributed by atoms with van der Waals surface area (Å²) in [5.41, 5.74) is 1.93. The number of likely N-dealkylation sites (tertiary alicyclic amines) is 1. The zero-order chi connectivity index (χ0) is 20.5. The monoisotopic (exact) mass is 415 g/mol. The maximum atomic E-state index is 11.6. The van der Waals surface area contributed by atoms with Gasteiger partial charge in [0.2, 0.25) is 0 Å². The van der Waals surface area contributed by atoms with Gasteiger partial charge in [-0.05, 0) is 74.4 Å². The van der Waals surface area contributed by atoms with Crippen molar-refractivity contribution in [2.75, 3.05) is 20.2 Å². The van der Waals surface area contributed by atoms with Crippen LogP contribution >= 0.6 is 11.3 Å². The smallest absolute Gasteiger partial charge is 0.337 e. The van der Waals surface area contributed by atoms with Crippen molar-refractivity contribution in [3.8, 4) is 5.75 Å². The summed E-state index contributed by atoms with van der Waals surface area (Å²) < 4.78 is 10.8. The van der Waals surface area contributed by atoms with E-state index in [0.717, 1.165) is 32.5 Å². The van der Waals surface area contributed by atoms with Crippen LogP contribution in [0.4, 0.5) is 0 Å². The van der Waals surface area contributed by atoms with E-state index in [-0.39, 0.29) is 12.1 Å². The summed E-state index contributed by atoms with van der Waals surface area (Å²) in [5.74, 6) is 1.41. The number of carbonyl (C=O) groups is 1. The van der Waals surface area contributed by atoms with Gasteiger partial charge in [-0.15, -0.1) is 11.3 Å². The molecule has 6 heteroatoms. The molecule has 29 heavy (non-hydrogen) atoms. The zero-order valence-electron chi connectivity index (χ0n) is 17.3. The van der Waals surface area contributed by atoms with E-state index in [1.807, 2.05) is 11.3 Å². The van der Waals surface area contributed by atoms with Gasteiger partial charge >= 0.3 is 5.97 Å². The topological polar surface area (TPSA) is 59.0 Å². The Morgan fingerprint density at radius 3 is 2.48 bits per heavy atom. The lowest BCUT2D eigenvalue weighted by Crippen LogP contribution is -2.42. The predicted molar refractivity (Wildman–Crippen MR) is 113 cm³/mol. The number of esters is 1. The Kier molecular flexibility index (Phi) is 5.95. The van der Waals surface area contributed by atoms with E-state index in [0.29, 0.717) is 23.1 Å². The third kappa shape index (κ3) is 4.49. The molecule has 1 aromatic carbocycles. The van der Waals surface area contributed by atoms with Crippen LogP contribution in [0.15, 0.2) is 30.3 Å². The van der Waals surface area contributed by atoms with Gasteiger partial charge in [0.1, 0.15) is 11.9 Å². The molecule has 2 aromatic rings. The molecule has 2 fully saturated rings. The lowest BCUT2D eigenvalue weighted by atomic mass is 9.78. The highest BCUT2D eigenvalue weighted by atomic mass is 32.1. The molecule has 1 saturated heterocycles. The van der Waals surface area contributed by atoms with Crippen LogP contribution in [0.3, 0.4) is 0 Å². The molecule has 5 nitrogen and oxygen atoms in total. The number of fused-ring (bicyclic) bond motifs is 1. The maximum absolute atomic E-state index is 11.6. The number of aryl methyl sites for hydroxylation is 2. The number of hydrogen-bond donors (Lipinski definition) is 1. The SMILES string of the molecule is COC(=O)c1ccc(O[C@@H]2C[C@@H]3CN(Cc4cc(C)sc4C)C[C@@H]3C[C@H]2O)cc1. The highest BCUT2D eigenvalue weighted by Crippen LogP contribution is 2.39.